The van der Waals surface area contributed by atoms with Crippen molar-refractivity contribution in [2.45, 2.75) is 25.4 Å². The van der Waals surface area contributed by atoms with E-state index >= 15 is 0 Å². The van der Waals surface area contributed by atoms with Crippen LogP contribution in [0.2, 0.25) is 0 Å². The Kier molecular flexibility index (Phi) is 4.84. The summed E-state index contributed by atoms with van der Waals surface area (Å²) in [5.41, 5.74) is 1.03. The first-order chi connectivity index (χ1) is 10.8. The molecule has 1 saturated heterocycles. The number of likely N-dealkylation sites (tertiary alicyclic amines) is 1. The topological polar surface area (TPSA) is 60.2 Å². The first-order valence-corrected chi connectivity index (χ1v) is 8.38. The van der Waals surface area contributed by atoms with Crippen molar-refractivity contribution in [1.29, 1.82) is 0 Å². The van der Waals surface area contributed by atoms with Crippen LogP contribution in [-0.4, -0.2) is 45.8 Å². The van der Waals surface area contributed by atoms with Crippen LogP contribution in [0, 0.1) is 5.92 Å². The summed E-state index contributed by atoms with van der Waals surface area (Å²) in [6.07, 6.45) is 5.53. The summed E-state index contributed by atoms with van der Waals surface area (Å²) >= 11 is 1.61. The van der Waals surface area contributed by atoms with E-state index in [2.05, 4.69) is 15.0 Å². The molecule has 1 fully saturated rings. The maximum absolute atomic E-state index is 12.2. The molecule has 0 amide bonds. The maximum Gasteiger partial charge on any atom is 0.327 e. The van der Waals surface area contributed by atoms with Crippen molar-refractivity contribution in [3.63, 3.8) is 0 Å². The normalized spacial score (nSPS) is 20.7. The van der Waals surface area contributed by atoms with Gasteiger partial charge in [0.15, 0.2) is 0 Å². The quantitative estimate of drug-likeness (QED) is 0.788. The monoisotopic (exact) mass is 320 g/mol. The van der Waals surface area contributed by atoms with E-state index in [1.807, 2.05) is 21.5 Å². The minimum absolute atomic E-state index is 0.181. The Morgan fingerprint density at radius 2 is 2.50 bits per heavy atom. The van der Waals surface area contributed by atoms with Crippen LogP contribution in [0.5, 0.6) is 0 Å². The van der Waals surface area contributed by atoms with Gasteiger partial charge in [0.1, 0.15) is 18.7 Å². The second kappa shape index (κ2) is 7.02. The van der Waals surface area contributed by atoms with Crippen LogP contribution in [0.4, 0.5) is 0 Å². The molecule has 0 bridgehead atoms. The molecule has 2 aromatic rings. The van der Waals surface area contributed by atoms with Gasteiger partial charge in [0, 0.05) is 13.1 Å². The van der Waals surface area contributed by atoms with E-state index in [0.29, 0.717) is 5.92 Å². The molecule has 2 aromatic heterocycles. The van der Waals surface area contributed by atoms with Crippen LogP contribution in [0.25, 0.3) is 0 Å². The number of hydrogen-bond donors (Lipinski definition) is 0. The molecular formula is C15H20N4O2S. The summed E-state index contributed by atoms with van der Waals surface area (Å²) in [5.74, 6) is 0.293. The summed E-state index contributed by atoms with van der Waals surface area (Å²) in [6, 6.07) is 1.71. The van der Waals surface area contributed by atoms with Gasteiger partial charge in [-0.3, -0.25) is 9.58 Å². The molecule has 0 radical (unpaired) electrons. The lowest BCUT2D eigenvalue weighted by Crippen LogP contribution is -2.42. The van der Waals surface area contributed by atoms with Crippen LogP contribution < -0.4 is 0 Å². The Morgan fingerprint density at radius 3 is 3.18 bits per heavy atom. The van der Waals surface area contributed by atoms with Crippen LogP contribution in [0.1, 0.15) is 24.4 Å². The summed E-state index contributed by atoms with van der Waals surface area (Å²) in [4.78, 5) is 18.5. The van der Waals surface area contributed by atoms with Crippen molar-refractivity contribution >= 4 is 17.3 Å². The highest BCUT2D eigenvalue weighted by Crippen LogP contribution is 2.29. The number of rotatable bonds is 5. The smallest absolute Gasteiger partial charge is 0.327 e. The molecular weight excluding hydrogens is 300 g/mol. The van der Waals surface area contributed by atoms with Crippen LogP contribution >= 0.6 is 11.3 Å². The number of esters is 1. The lowest BCUT2D eigenvalue weighted by molar-refractivity contribution is -0.148. The summed E-state index contributed by atoms with van der Waals surface area (Å²) in [7, 11) is 1.46. The molecule has 118 valence electrons. The highest BCUT2D eigenvalue weighted by atomic mass is 32.1. The van der Waals surface area contributed by atoms with Gasteiger partial charge in [-0.1, -0.05) is 0 Å². The Morgan fingerprint density at radius 1 is 1.59 bits per heavy atom. The van der Waals surface area contributed by atoms with Crippen molar-refractivity contribution < 1.29 is 9.53 Å². The van der Waals surface area contributed by atoms with Gasteiger partial charge in [-0.05, 0) is 47.7 Å². The van der Waals surface area contributed by atoms with Crippen LogP contribution in [0.3, 0.4) is 0 Å². The Labute approximate surface area is 133 Å². The first kappa shape index (κ1) is 15.2. The molecule has 0 spiro atoms. The van der Waals surface area contributed by atoms with E-state index in [4.69, 9.17) is 4.74 Å². The van der Waals surface area contributed by atoms with E-state index in [9.17, 15) is 4.79 Å². The summed E-state index contributed by atoms with van der Waals surface area (Å²) in [6.45, 7) is 2.63. The van der Waals surface area contributed by atoms with Crippen LogP contribution in [-0.2, 0) is 16.1 Å². The summed E-state index contributed by atoms with van der Waals surface area (Å²) in [5, 5.41) is 8.21. The minimum atomic E-state index is -0.296. The Balaban J connectivity index is 1.72. The van der Waals surface area contributed by atoms with Gasteiger partial charge in [0.25, 0.3) is 0 Å². The molecule has 6 nitrogen and oxygen atoms in total. The number of ether oxygens (including phenoxy) is 1. The molecule has 0 unspecified atom stereocenters. The maximum atomic E-state index is 12.2. The van der Waals surface area contributed by atoms with E-state index in [0.717, 1.165) is 38.0 Å². The van der Waals surface area contributed by atoms with Gasteiger partial charge in [-0.15, -0.1) is 0 Å². The van der Waals surface area contributed by atoms with E-state index in [1.54, 1.807) is 24.0 Å². The van der Waals surface area contributed by atoms with Crippen LogP contribution in [0.15, 0.2) is 29.5 Å². The molecule has 0 aromatic carbocycles. The largest absolute Gasteiger partial charge is 0.468 e. The fourth-order valence-corrected chi connectivity index (χ4v) is 3.79. The zero-order chi connectivity index (χ0) is 15.4. The van der Waals surface area contributed by atoms with E-state index < -0.39 is 0 Å². The lowest BCUT2D eigenvalue weighted by atomic mass is 9.95. The number of nitrogens with zero attached hydrogens (tertiary/aromatic N) is 4. The number of carbonyl (C=O) groups is 1. The number of aromatic nitrogens is 3. The lowest BCUT2D eigenvalue weighted by Gasteiger charge is -2.36. The van der Waals surface area contributed by atoms with Crippen molar-refractivity contribution in [1.82, 2.24) is 19.7 Å². The molecule has 0 aliphatic carbocycles. The number of hydrogen-bond acceptors (Lipinski definition) is 6. The Bertz CT molecular complexity index is 585. The van der Waals surface area contributed by atoms with Crippen molar-refractivity contribution in [3.8, 4) is 0 Å². The zero-order valence-electron chi connectivity index (χ0n) is 12.6. The fourth-order valence-electron chi connectivity index (χ4n) is 3.11. The highest BCUT2D eigenvalue weighted by molar-refractivity contribution is 7.08. The number of thiophene rings is 1. The molecule has 7 heteroatoms. The molecule has 1 aliphatic rings. The van der Waals surface area contributed by atoms with Gasteiger partial charge in [0.05, 0.1) is 7.11 Å². The summed E-state index contributed by atoms with van der Waals surface area (Å²) < 4.78 is 6.89. The molecule has 3 rings (SSSR count). The van der Waals surface area contributed by atoms with Crippen molar-refractivity contribution in [3.05, 3.63) is 35.0 Å². The second-order valence-electron chi connectivity index (χ2n) is 5.60. The molecule has 3 heterocycles. The average molecular weight is 320 g/mol. The fraction of sp³-hybridized carbons (Fsp3) is 0.533. The highest BCUT2D eigenvalue weighted by Gasteiger charge is 2.32. The minimum Gasteiger partial charge on any atom is -0.468 e. The van der Waals surface area contributed by atoms with E-state index in [1.165, 1.54) is 7.11 Å². The molecule has 1 aliphatic heterocycles. The van der Waals surface area contributed by atoms with Gasteiger partial charge in [-0.2, -0.15) is 16.4 Å². The third-order valence-corrected chi connectivity index (χ3v) is 4.81. The van der Waals surface area contributed by atoms with Crippen molar-refractivity contribution in [2.75, 3.05) is 20.2 Å². The first-order valence-electron chi connectivity index (χ1n) is 7.44. The van der Waals surface area contributed by atoms with Gasteiger partial charge in [-0.25, -0.2) is 9.78 Å². The van der Waals surface area contributed by atoms with Gasteiger partial charge in [0.2, 0.25) is 0 Å². The predicted octanol–water partition coefficient (Wildman–Crippen LogP) is 1.97. The third kappa shape index (κ3) is 3.36. The number of methoxy groups -OCH3 is 1. The molecule has 2 atom stereocenters. The SMILES string of the molecule is COC(=O)[C@@H](c1ccsc1)N1CCC[C@@H](Cn2cncn2)C1. The molecule has 0 N–H and O–H groups in total. The average Bonchev–Trinajstić information content (AvgIpc) is 3.21. The van der Waals surface area contributed by atoms with Crippen molar-refractivity contribution in [2.24, 2.45) is 5.92 Å². The predicted molar refractivity (Wildman–Crippen MR) is 83.4 cm³/mol. The number of piperidine rings is 1. The zero-order valence-corrected chi connectivity index (χ0v) is 13.4. The van der Waals surface area contributed by atoms with Gasteiger partial charge < -0.3 is 4.74 Å². The second-order valence-corrected chi connectivity index (χ2v) is 6.38. The molecule has 0 saturated carbocycles. The molecule has 22 heavy (non-hydrogen) atoms. The number of carbonyl (C=O) groups excluding carboxylic acids is 1. The standard InChI is InChI=1S/C15H20N4O2S/c1-21-15(20)14(13-4-6-22-9-13)18-5-2-3-12(7-18)8-19-11-16-10-17-19/h4,6,9-12,14H,2-3,5,7-8H2,1H3/t12-,14-/m1/s1. The Hall–Kier alpha value is -1.73. The van der Waals surface area contributed by atoms with E-state index in [-0.39, 0.29) is 12.0 Å². The van der Waals surface area contributed by atoms with Gasteiger partial charge >= 0.3 is 5.97 Å². The third-order valence-electron chi connectivity index (χ3n) is 4.11.